The van der Waals surface area contributed by atoms with Gasteiger partial charge in [0.1, 0.15) is 0 Å². The molecule has 1 aromatic carbocycles. The zero-order chi connectivity index (χ0) is 17.0. The first-order chi connectivity index (χ1) is 11.5. The number of aliphatic hydroxyl groups is 1. The average Bonchev–Trinajstić information content (AvgIpc) is 2.60. The summed E-state index contributed by atoms with van der Waals surface area (Å²) >= 11 is 0. The van der Waals surface area contributed by atoms with Crippen molar-refractivity contribution in [3.05, 3.63) is 35.9 Å². The maximum Gasteiger partial charge on any atom is 0.0901 e. The van der Waals surface area contributed by atoms with Crippen LogP contribution in [-0.2, 0) is 5.60 Å². The van der Waals surface area contributed by atoms with Crippen LogP contribution >= 0.6 is 0 Å². The van der Waals surface area contributed by atoms with E-state index in [0.717, 1.165) is 18.4 Å². The van der Waals surface area contributed by atoms with Crippen molar-refractivity contribution in [3.8, 4) is 0 Å². The van der Waals surface area contributed by atoms with Crippen molar-refractivity contribution in [1.29, 1.82) is 0 Å². The van der Waals surface area contributed by atoms with Gasteiger partial charge in [0.05, 0.1) is 5.60 Å². The molecule has 1 aromatic rings. The molecule has 0 saturated carbocycles. The van der Waals surface area contributed by atoms with Crippen LogP contribution < -0.4 is 0 Å². The third kappa shape index (κ3) is 4.59. The smallest absolute Gasteiger partial charge is 0.0901 e. The van der Waals surface area contributed by atoms with Gasteiger partial charge in [-0.05, 0) is 96.2 Å². The lowest BCUT2D eigenvalue weighted by molar-refractivity contribution is -0.0265. The van der Waals surface area contributed by atoms with E-state index < -0.39 is 5.60 Å². The number of rotatable bonds is 5. The van der Waals surface area contributed by atoms with Crippen LogP contribution in [0.5, 0.6) is 0 Å². The normalized spacial score (nSPS) is 22.8. The van der Waals surface area contributed by atoms with E-state index in [9.17, 15) is 5.11 Å². The molecule has 3 nitrogen and oxygen atoms in total. The van der Waals surface area contributed by atoms with Gasteiger partial charge in [-0.1, -0.05) is 30.3 Å². The molecule has 0 aliphatic carbocycles. The summed E-state index contributed by atoms with van der Waals surface area (Å²) in [5, 5.41) is 11.7. The molecule has 134 valence electrons. The lowest BCUT2D eigenvalue weighted by Gasteiger charge is -2.40. The Bertz CT molecular complexity index is 464. The first kappa shape index (κ1) is 17.9. The minimum atomic E-state index is -0.650. The predicted molar refractivity (Wildman–Crippen MR) is 100 cm³/mol. The Morgan fingerprint density at radius 3 is 1.67 bits per heavy atom. The Morgan fingerprint density at radius 1 is 0.833 bits per heavy atom. The SMILES string of the molecule is CN1CCC(CC(O)(CC2CCN(C)CC2)c2ccccc2)CC1. The van der Waals surface area contributed by atoms with Crippen LogP contribution in [0.3, 0.4) is 0 Å². The summed E-state index contributed by atoms with van der Waals surface area (Å²) in [5.74, 6) is 1.30. The maximum absolute atomic E-state index is 11.7. The second kappa shape index (κ2) is 7.99. The summed E-state index contributed by atoms with van der Waals surface area (Å²) in [4.78, 5) is 4.82. The predicted octanol–water partition coefficient (Wildman–Crippen LogP) is 3.34. The molecule has 0 spiro atoms. The van der Waals surface area contributed by atoms with E-state index in [1.54, 1.807) is 0 Å². The molecule has 0 atom stereocenters. The molecular formula is C21H34N2O. The molecule has 2 fully saturated rings. The molecule has 3 heteroatoms. The van der Waals surface area contributed by atoms with E-state index in [1.165, 1.54) is 51.9 Å². The van der Waals surface area contributed by atoms with Crippen molar-refractivity contribution in [2.75, 3.05) is 40.3 Å². The lowest BCUT2D eigenvalue weighted by atomic mass is 9.74. The summed E-state index contributed by atoms with van der Waals surface area (Å²) in [5.41, 5.74) is 0.477. The van der Waals surface area contributed by atoms with Gasteiger partial charge < -0.3 is 14.9 Å². The highest BCUT2D eigenvalue weighted by Crippen LogP contribution is 2.40. The molecule has 0 aromatic heterocycles. The van der Waals surface area contributed by atoms with E-state index in [1.807, 2.05) is 0 Å². The highest BCUT2D eigenvalue weighted by Gasteiger charge is 2.36. The molecule has 1 N–H and O–H groups in total. The second-order valence-electron chi connectivity index (χ2n) is 8.30. The summed E-state index contributed by atoms with van der Waals surface area (Å²) in [7, 11) is 4.41. The number of hydrogen-bond acceptors (Lipinski definition) is 3. The Balaban J connectivity index is 1.71. The van der Waals surface area contributed by atoms with Gasteiger partial charge in [0.25, 0.3) is 0 Å². The van der Waals surface area contributed by atoms with Crippen molar-refractivity contribution >= 4 is 0 Å². The first-order valence-electron chi connectivity index (χ1n) is 9.70. The standard InChI is InChI=1S/C21H34N2O/c1-22-12-8-18(9-13-22)16-21(24,20-6-4-3-5-7-20)17-19-10-14-23(2)15-11-19/h3-7,18-19,24H,8-17H2,1-2H3. The van der Waals surface area contributed by atoms with Crippen molar-refractivity contribution in [2.24, 2.45) is 11.8 Å². The Morgan fingerprint density at radius 2 is 1.25 bits per heavy atom. The molecule has 0 bridgehead atoms. The topological polar surface area (TPSA) is 26.7 Å². The number of hydrogen-bond donors (Lipinski definition) is 1. The zero-order valence-electron chi connectivity index (χ0n) is 15.5. The minimum Gasteiger partial charge on any atom is -0.385 e. The van der Waals surface area contributed by atoms with Gasteiger partial charge in [-0.15, -0.1) is 0 Å². The Kier molecular flexibility index (Phi) is 5.96. The van der Waals surface area contributed by atoms with Gasteiger partial charge in [-0.2, -0.15) is 0 Å². The Labute approximate surface area is 147 Å². The van der Waals surface area contributed by atoms with Gasteiger partial charge >= 0.3 is 0 Å². The molecule has 2 aliphatic heterocycles. The van der Waals surface area contributed by atoms with Crippen LogP contribution in [0.4, 0.5) is 0 Å². The van der Waals surface area contributed by atoms with E-state index in [2.05, 4.69) is 54.2 Å². The molecule has 2 aliphatic rings. The minimum absolute atomic E-state index is 0.650. The van der Waals surface area contributed by atoms with Crippen LogP contribution in [0.25, 0.3) is 0 Å². The van der Waals surface area contributed by atoms with Crippen LogP contribution in [0.2, 0.25) is 0 Å². The third-order valence-electron chi connectivity index (χ3n) is 6.24. The molecular weight excluding hydrogens is 296 g/mol. The largest absolute Gasteiger partial charge is 0.385 e. The highest BCUT2D eigenvalue weighted by atomic mass is 16.3. The molecule has 0 radical (unpaired) electrons. The second-order valence-corrected chi connectivity index (χ2v) is 8.30. The molecule has 0 unspecified atom stereocenters. The van der Waals surface area contributed by atoms with E-state index in [4.69, 9.17) is 0 Å². The van der Waals surface area contributed by atoms with Crippen molar-refractivity contribution < 1.29 is 5.11 Å². The summed E-state index contributed by atoms with van der Waals surface area (Å²) in [6, 6.07) is 10.5. The quantitative estimate of drug-likeness (QED) is 0.897. The van der Waals surface area contributed by atoms with Crippen molar-refractivity contribution in [1.82, 2.24) is 9.80 Å². The van der Waals surface area contributed by atoms with Crippen molar-refractivity contribution in [2.45, 2.75) is 44.1 Å². The zero-order valence-corrected chi connectivity index (χ0v) is 15.5. The summed E-state index contributed by atoms with van der Waals surface area (Å²) in [6.07, 6.45) is 6.74. The first-order valence-corrected chi connectivity index (χ1v) is 9.70. The number of piperidine rings is 2. The lowest BCUT2D eigenvalue weighted by Crippen LogP contribution is -2.38. The van der Waals surface area contributed by atoms with Crippen LogP contribution in [-0.4, -0.2) is 55.2 Å². The van der Waals surface area contributed by atoms with Crippen molar-refractivity contribution in [3.63, 3.8) is 0 Å². The van der Waals surface area contributed by atoms with Gasteiger partial charge in [0.15, 0.2) is 0 Å². The Hall–Kier alpha value is -0.900. The number of likely N-dealkylation sites (tertiary alicyclic amines) is 2. The summed E-state index contributed by atoms with van der Waals surface area (Å²) in [6.45, 7) is 4.68. The van der Waals surface area contributed by atoms with Gasteiger partial charge in [0.2, 0.25) is 0 Å². The third-order valence-corrected chi connectivity index (χ3v) is 6.24. The van der Waals surface area contributed by atoms with E-state index >= 15 is 0 Å². The molecule has 2 heterocycles. The van der Waals surface area contributed by atoms with Crippen LogP contribution in [0, 0.1) is 11.8 Å². The van der Waals surface area contributed by atoms with Crippen LogP contribution in [0.1, 0.15) is 44.1 Å². The van der Waals surface area contributed by atoms with E-state index in [-0.39, 0.29) is 0 Å². The average molecular weight is 331 g/mol. The monoisotopic (exact) mass is 330 g/mol. The molecule has 2 saturated heterocycles. The van der Waals surface area contributed by atoms with Crippen LogP contribution in [0.15, 0.2) is 30.3 Å². The fraction of sp³-hybridized carbons (Fsp3) is 0.714. The van der Waals surface area contributed by atoms with Gasteiger partial charge in [0, 0.05) is 0 Å². The fourth-order valence-electron chi connectivity index (χ4n) is 4.55. The molecule has 24 heavy (non-hydrogen) atoms. The highest BCUT2D eigenvalue weighted by molar-refractivity contribution is 5.22. The van der Waals surface area contributed by atoms with Gasteiger partial charge in [-0.25, -0.2) is 0 Å². The molecule has 3 rings (SSSR count). The number of nitrogens with zero attached hydrogens (tertiary/aromatic N) is 2. The fourth-order valence-corrected chi connectivity index (χ4v) is 4.55. The number of benzene rings is 1. The maximum atomic E-state index is 11.7. The molecule has 0 amide bonds. The van der Waals surface area contributed by atoms with E-state index in [0.29, 0.717) is 11.8 Å². The van der Waals surface area contributed by atoms with Gasteiger partial charge in [-0.3, -0.25) is 0 Å². The summed E-state index contributed by atoms with van der Waals surface area (Å²) < 4.78 is 0.